The van der Waals surface area contributed by atoms with Crippen molar-refractivity contribution < 1.29 is 17.9 Å². The summed E-state index contributed by atoms with van der Waals surface area (Å²) in [4.78, 5) is 12.8. The van der Waals surface area contributed by atoms with E-state index in [1.165, 1.54) is 11.3 Å². The molecule has 0 aliphatic rings. The van der Waals surface area contributed by atoms with Gasteiger partial charge in [-0.2, -0.15) is 0 Å². The van der Waals surface area contributed by atoms with E-state index < -0.39 is 16.1 Å². The van der Waals surface area contributed by atoms with E-state index >= 15 is 0 Å². The van der Waals surface area contributed by atoms with Crippen molar-refractivity contribution in [1.82, 2.24) is 4.72 Å². The summed E-state index contributed by atoms with van der Waals surface area (Å²) in [7, 11) is -4.01. The number of benzene rings is 1. The predicted molar refractivity (Wildman–Crippen MR) is 118 cm³/mol. The van der Waals surface area contributed by atoms with Gasteiger partial charge in [0.25, 0.3) is 10.0 Å². The van der Waals surface area contributed by atoms with Crippen molar-refractivity contribution in [1.29, 1.82) is 0 Å². The number of carbonyl (C=O) groups excluding carboxylic acids is 1. The van der Waals surface area contributed by atoms with Gasteiger partial charge in [0.1, 0.15) is 4.21 Å². The zero-order chi connectivity index (χ0) is 20.0. The number of sulfonamides is 1. The van der Waals surface area contributed by atoms with Gasteiger partial charge in [0.05, 0.1) is 6.61 Å². The molecule has 0 fully saturated rings. The van der Waals surface area contributed by atoms with Crippen LogP contribution in [0.4, 0.5) is 4.79 Å². The van der Waals surface area contributed by atoms with Gasteiger partial charge in [0.15, 0.2) is 0 Å². The number of unbranched alkanes of at least 4 members (excludes halogenated alkanes) is 1. The minimum absolute atomic E-state index is 0.145. The standard InChI is InChI=1S/C19H24INO4S2/c1-4-5-10-25-19(22)21-27(23,24)18-17(12-16(26-18)11-13(2)3)14-6-8-15(20)9-7-14/h6-9,12-13H,4-5,10-11H2,1-3H3,(H,21,22). The van der Waals surface area contributed by atoms with Crippen molar-refractivity contribution in [3.05, 3.63) is 38.8 Å². The van der Waals surface area contributed by atoms with E-state index in [0.717, 1.165) is 26.9 Å². The molecule has 1 N–H and O–H groups in total. The van der Waals surface area contributed by atoms with Gasteiger partial charge in [-0.25, -0.2) is 17.9 Å². The third-order valence-corrected chi connectivity index (χ3v) is 7.43. The molecule has 0 atom stereocenters. The monoisotopic (exact) mass is 521 g/mol. The Morgan fingerprint density at radius 3 is 2.52 bits per heavy atom. The summed E-state index contributed by atoms with van der Waals surface area (Å²) in [6.45, 7) is 6.33. The number of thiophene rings is 1. The molecule has 0 radical (unpaired) electrons. The normalized spacial score (nSPS) is 11.6. The van der Waals surface area contributed by atoms with Gasteiger partial charge >= 0.3 is 6.09 Å². The first-order valence-corrected chi connectivity index (χ1v) is 12.2. The van der Waals surface area contributed by atoms with Gasteiger partial charge in [0, 0.05) is 14.0 Å². The summed E-state index contributed by atoms with van der Waals surface area (Å²) < 4.78 is 33.9. The maximum absolute atomic E-state index is 12.8. The fraction of sp³-hybridized carbons (Fsp3) is 0.421. The Bertz CT molecular complexity index is 874. The quantitative estimate of drug-likeness (QED) is 0.371. The van der Waals surface area contributed by atoms with E-state index in [4.69, 9.17) is 4.74 Å². The van der Waals surface area contributed by atoms with Crippen LogP contribution in [0.2, 0.25) is 0 Å². The molecule has 1 aromatic carbocycles. The largest absolute Gasteiger partial charge is 0.449 e. The van der Waals surface area contributed by atoms with Crippen LogP contribution in [0.5, 0.6) is 0 Å². The highest BCUT2D eigenvalue weighted by molar-refractivity contribution is 14.1. The van der Waals surface area contributed by atoms with Crippen molar-refractivity contribution in [2.45, 2.75) is 44.2 Å². The highest BCUT2D eigenvalue weighted by Gasteiger charge is 2.26. The highest BCUT2D eigenvalue weighted by Crippen LogP contribution is 2.36. The molecule has 0 saturated heterocycles. The van der Waals surface area contributed by atoms with Crippen molar-refractivity contribution in [2.24, 2.45) is 5.92 Å². The third kappa shape index (κ3) is 6.46. The van der Waals surface area contributed by atoms with E-state index in [9.17, 15) is 13.2 Å². The molecule has 2 aromatic rings. The maximum Gasteiger partial charge on any atom is 0.421 e. The van der Waals surface area contributed by atoms with Crippen LogP contribution in [0.15, 0.2) is 34.5 Å². The molecule has 5 nitrogen and oxygen atoms in total. The highest BCUT2D eigenvalue weighted by atomic mass is 127. The van der Waals surface area contributed by atoms with E-state index in [-0.39, 0.29) is 10.8 Å². The van der Waals surface area contributed by atoms with Crippen molar-refractivity contribution in [3.8, 4) is 11.1 Å². The van der Waals surface area contributed by atoms with Gasteiger partial charge in [-0.05, 0) is 65.1 Å². The second-order valence-corrected chi connectivity index (χ2v) is 10.9. The van der Waals surface area contributed by atoms with Crippen LogP contribution in [0.25, 0.3) is 11.1 Å². The molecule has 1 heterocycles. The summed E-state index contributed by atoms with van der Waals surface area (Å²) in [6, 6.07) is 9.55. The smallest absolute Gasteiger partial charge is 0.421 e. The fourth-order valence-corrected chi connectivity index (χ4v) is 5.65. The van der Waals surface area contributed by atoms with Gasteiger partial charge in [-0.3, -0.25) is 0 Å². The van der Waals surface area contributed by atoms with Crippen LogP contribution in [0.3, 0.4) is 0 Å². The number of nitrogens with one attached hydrogen (secondary N) is 1. The number of hydrogen-bond acceptors (Lipinski definition) is 5. The second-order valence-electron chi connectivity index (χ2n) is 6.61. The average Bonchev–Trinajstić information content (AvgIpc) is 2.99. The van der Waals surface area contributed by atoms with E-state index in [1.54, 1.807) is 0 Å². The van der Waals surface area contributed by atoms with Gasteiger partial charge < -0.3 is 4.74 Å². The number of amides is 1. The number of hydrogen-bond donors (Lipinski definition) is 1. The molecule has 0 saturated carbocycles. The van der Waals surface area contributed by atoms with Crippen LogP contribution in [0, 0.1) is 9.49 Å². The molecule has 8 heteroatoms. The van der Waals surface area contributed by atoms with Gasteiger partial charge in [-0.15, -0.1) is 11.3 Å². The Labute approximate surface area is 178 Å². The minimum atomic E-state index is -4.01. The molecule has 1 amide bonds. The van der Waals surface area contributed by atoms with Gasteiger partial charge in [-0.1, -0.05) is 39.3 Å². The van der Waals surface area contributed by atoms with Crippen molar-refractivity contribution >= 4 is 50.0 Å². The molecule has 2 rings (SSSR count). The van der Waals surface area contributed by atoms with Crippen LogP contribution in [-0.2, 0) is 21.2 Å². The Morgan fingerprint density at radius 1 is 1.26 bits per heavy atom. The topological polar surface area (TPSA) is 72.5 Å². The lowest BCUT2D eigenvalue weighted by molar-refractivity contribution is 0.151. The maximum atomic E-state index is 12.8. The molecule has 148 valence electrons. The minimum Gasteiger partial charge on any atom is -0.449 e. The number of carbonyl (C=O) groups is 1. The molecule has 0 unspecified atom stereocenters. The molecule has 0 aliphatic heterocycles. The Hall–Kier alpha value is -1.13. The number of rotatable bonds is 8. The van der Waals surface area contributed by atoms with E-state index in [2.05, 4.69) is 36.4 Å². The molecule has 0 aliphatic carbocycles. The van der Waals surface area contributed by atoms with E-state index in [0.29, 0.717) is 17.9 Å². The summed E-state index contributed by atoms with van der Waals surface area (Å²) in [5.41, 5.74) is 1.42. The molecular weight excluding hydrogens is 497 g/mol. The fourth-order valence-electron chi connectivity index (χ4n) is 2.45. The Kier molecular flexibility index (Phi) is 8.11. The molecule has 27 heavy (non-hydrogen) atoms. The number of ether oxygens (including phenoxy) is 1. The first kappa shape index (κ1) is 22.2. The first-order chi connectivity index (χ1) is 12.7. The lowest BCUT2D eigenvalue weighted by Crippen LogP contribution is -2.31. The van der Waals surface area contributed by atoms with E-state index in [1.807, 2.05) is 42.0 Å². The zero-order valence-electron chi connectivity index (χ0n) is 15.6. The third-order valence-electron chi connectivity index (χ3n) is 3.71. The van der Waals surface area contributed by atoms with Crippen molar-refractivity contribution in [3.63, 3.8) is 0 Å². The molecular formula is C19H24INO4S2. The van der Waals surface area contributed by atoms with Crippen LogP contribution in [0.1, 0.15) is 38.5 Å². The molecule has 0 bridgehead atoms. The summed E-state index contributed by atoms with van der Waals surface area (Å²) in [6.07, 6.45) is 1.40. The lowest BCUT2D eigenvalue weighted by Gasteiger charge is -2.08. The summed E-state index contributed by atoms with van der Waals surface area (Å²) in [5.74, 6) is 0.399. The lowest BCUT2D eigenvalue weighted by atomic mass is 10.1. The van der Waals surface area contributed by atoms with Crippen LogP contribution in [-0.4, -0.2) is 21.1 Å². The SMILES string of the molecule is CCCCOC(=O)NS(=O)(=O)c1sc(CC(C)C)cc1-c1ccc(I)cc1. The summed E-state index contributed by atoms with van der Waals surface area (Å²) in [5, 5.41) is 0. The summed E-state index contributed by atoms with van der Waals surface area (Å²) >= 11 is 3.41. The number of halogens is 1. The van der Waals surface area contributed by atoms with Crippen LogP contribution >= 0.6 is 33.9 Å². The second kappa shape index (κ2) is 9.88. The first-order valence-electron chi connectivity index (χ1n) is 8.81. The Balaban J connectivity index is 2.36. The predicted octanol–water partition coefficient (Wildman–Crippen LogP) is 5.43. The zero-order valence-corrected chi connectivity index (χ0v) is 19.4. The molecule has 0 spiro atoms. The molecule has 1 aromatic heterocycles. The van der Waals surface area contributed by atoms with Gasteiger partial charge in [0.2, 0.25) is 0 Å². The van der Waals surface area contributed by atoms with Crippen molar-refractivity contribution in [2.75, 3.05) is 6.61 Å². The average molecular weight is 521 g/mol. The Morgan fingerprint density at radius 2 is 1.93 bits per heavy atom. The van der Waals surface area contributed by atoms with Crippen LogP contribution < -0.4 is 4.72 Å².